The summed E-state index contributed by atoms with van der Waals surface area (Å²) >= 11 is 0. The number of hydrogen-bond donors (Lipinski definition) is 1. The molecule has 1 aliphatic rings. The molecule has 1 fully saturated rings. The Kier molecular flexibility index (Phi) is 6.02. The first-order valence-corrected chi connectivity index (χ1v) is 8.79. The number of halogens is 1. The Bertz CT molecular complexity index is 897. The molecule has 0 radical (unpaired) electrons. The smallest absolute Gasteiger partial charge is 0.417 e. The van der Waals surface area contributed by atoms with E-state index in [2.05, 4.69) is 10.9 Å². The minimum atomic E-state index is -1.37. The molecule has 0 aliphatic carbocycles. The van der Waals surface area contributed by atoms with Gasteiger partial charge in [0.15, 0.2) is 0 Å². The third kappa shape index (κ3) is 4.02. The lowest BCUT2D eigenvalue weighted by Gasteiger charge is -2.27. The van der Waals surface area contributed by atoms with E-state index in [9.17, 15) is 19.1 Å². The number of benzene rings is 1. The zero-order valence-corrected chi connectivity index (χ0v) is 15.0. The van der Waals surface area contributed by atoms with Crippen molar-refractivity contribution in [3.63, 3.8) is 0 Å². The Morgan fingerprint density at radius 1 is 1.39 bits per heavy atom. The van der Waals surface area contributed by atoms with Gasteiger partial charge >= 0.3 is 6.09 Å². The number of aromatic nitrogens is 1. The maximum absolute atomic E-state index is 13.5. The number of nitrogens with zero attached hydrogens (tertiary/aromatic N) is 2. The molecule has 1 N–H and O–H groups in total. The van der Waals surface area contributed by atoms with Crippen LogP contribution in [-0.2, 0) is 9.53 Å². The van der Waals surface area contributed by atoms with Crippen LogP contribution in [0.25, 0.3) is 0 Å². The highest BCUT2D eigenvalue weighted by Gasteiger charge is 2.43. The molecule has 28 heavy (non-hydrogen) atoms. The van der Waals surface area contributed by atoms with Gasteiger partial charge in [-0.05, 0) is 18.1 Å². The molecule has 7 heteroatoms. The Hall–Kier alpha value is -3.24. The van der Waals surface area contributed by atoms with E-state index in [-0.39, 0.29) is 25.0 Å². The fourth-order valence-corrected chi connectivity index (χ4v) is 3.24. The third-order valence-electron chi connectivity index (χ3n) is 4.66. The summed E-state index contributed by atoms with van der Waals surface area (Å²) < 4.78 is 18.6. The van der Waals surface area contributed by atoms with Gasteiger partial charge in [-0.15, -0.1) is 12.3 Å². The van der Waals surface area contributed by atoms with Gasteiger partial charge in [0, 0.05) is 18.2 Å². The standard InChI is InChI=1S/C21H19FN2O4/c1-2-3-9-17(19(25)15-10-16(22)12-23-11-15)20(26)24-18(13-28-21(24)27)14-7-5-4-6-8-14/h1,4-8,10-12,17-19,25H,3,9,13H2/t17-,18-,19-/m1/s1. The van der Waals surface area contributed by atoms with Crippen LogP contribution < -0.4 is 0 Å². The lowest BCUT2D eigenvalue weighted by Crippen LogP contribution is -2.40. The largest absolute Gasteiger partial charge is 0.446 e. The van der Waals surface area contributed by atoms with E-state index in [1.54, 1.807) is 24.3 Å². The van der Waals surface area contributed by atoms with Crippen molar-refractivity contribution < 1.29 is 23.8 Å². The van der Waals surface area contributed by atoms with E-state index in [4.69, 9.17) is 11.2 Å². The molecule has 1 aromatic heterocycles. The zero-order chi connectivity index (χ0) is 20.1. The maximum atomic E-state index is 13.5. The number of amides is 2. The number of terminal acetylenes is 1. The van der Waals surface area contributed by atoms with Crippen LogP contribution in [0.5, 0.6) is 0 Å². The maximum Gasteiger partial charge on any atom is 0.417 e. The SMILES string of the molecule is C#CCC[C@@H](C(=O)N1C(=O)OC[C@@H]1c1ccccc1)[C@H](O)c1cncc(F)c1. The summed E-state index contributed by atoms with van der Waals surface area (Å²) in [5.41, 5.74) is 0.874. The van der Waals surface area contributed by atoms with Crippen molar-refractivity contribution in [1.29, 1.82) is 0 Å². The first-order chi connectivity index (χ1) is 13.5. The van der Waals surface area contributed by atoms with Gasteiger partial charge in [-0.1, -0.05) is 30.3 Å². The summed E-state index contributed by atoms with van der Waals surface area (Å²) in [6, 6.07) is 9.49. The van der Waals surface area contributed by atoms with E-state index in [1.807, 2.05) is 6.07 Å². The van der Waals surface area contributed by atoms with Gasteiger partial charge < -0.3 is 9.84 Å². The molecular formula is C21H19FN2O4. The molecule has 0 spiro atoms. The Labute approximate surface area is 162 Å². The molecule has 0 saturated carbocycles. The molecule has 0 bridgehead atoms. The van der Waals surface area contributed by atoms with Crippen LogP contribution >= 0.6 is 0 Å². The number of hydrogen-bond acceptors (Lipinski definition) is 5. The number of aliphatic hydroxyl groups excluding tert-OH is 1. The molecule has 2 aromatic rings. The fourth-order valence-electron chi connectivity index (χ4n) is 3.24. The predicted molar refractivity (Wildman–Crippen MR) is 98.1 cm³/mol. The minimum Gasteiger partial charge on any atom is -0.446 e. The first kappa shape index (κ1) is 19.5. The van der Waals surface area contributed by atoms with E-state index >= 15 is 0 Å². The van der Waals surface area contributed by atoms with E-state index in [0.29, 0.717) is 0 Å². The molecule has 2 amide bonds. The predicted octanol–water partition coefficient (Wildman–Crippen LogP) is 3.00. The molecule has 0 unspecified atom stereocenters. The summed E-state index contributed by atoms with van der Waals surface area (Å²) in [7, 11) is 0. The highest BCUT2D eigenvalue weighted by atomic mass is 19.1. The molecule has 6 nitrogen and oxygen atoms in total. The highest BCUT2D eigenvalue weighted by Crippen LogP contribution is 2.34. The van der Waals surface area contributed by atoms with Gasteiger partial charge in [-0.2, -0.15) is 0 Å². The van der Waals surface area contributed by atoms with Gasteiger partial charge in [0.25, 0.3) is 0 Å². The van der Waals surface area contributed by atoms with Crippen LogP contribution in [0, 0.1) is 24.1 Å². The van der Waals surface area contributed by atoms with Crippen molar-refractivity contribution in [2.24, 2.45) is 5.92 Å². The molecule has 144 valence electrons. The number of imide groups is 1. The number of cyclic esters (lactones) is 1. The molecule has 1 saturated heterocycles. The second-order valence-electron chi connectivity index (χ2n) is 6.44. The number of aliphatic hydroxyl groups is 1. The third-order valence-corrected chi connectivity index (χ3v) is 4.66. The molecule has 3 atom stereocenters. The summed E-state index contributed by atoms with van der Waals surface area (Å²) in [5, 5.41) is 10.7. The second kappa shape index (κ2) is 8.63. The lowest BCUT2D eigenvalue weighted by atomic mass is 9.90. The van der Waals surface area contributed by atoms with E-state index in [1.165, 1.54) is 6.20 Å². The number of pyridine rings is 1. The van der Waals surface area contributed by atoms with Crippen LogP contribution in [0.1, 0.15) is 36.1 Å². The molecule has 1 aromatic carbocycles. The fraction of sp³-hybridized carbons (Fsp3) is 0.286. The Balaban J connectivity index is 1.91. The molecule has 1 aliphatic heterocycles. The number of ether oxygens (including phenoxy) is 1. The summed E-state index contributed by atoms with van der Waals surface area (Å²) in [4.78, 5) is 30.2. The minimum absolute atomic E-state index is 0.0219. The number of rotatable bonds is 6. The Morgan fingerprint density at radius 2 is 2.14 bits per heavy atom. The molecule has 3 rings (SSSR count). The van der Waals surface area contributed by atoms with Crippen molar-refractivity contribution in [2.75, 3.05) is 6.61 Å². The lowest BCUT2D eigenvalue weighted by molar-refractivity contribution is -0.137. The van der Waals surface area contributed by atoms with Crippen molar-refractivity contribution in [1.82, 2.24) is 9.88 Å². The zero-order valence-electron chi connectivity index (χ0n) is 15.0. The summed E-state index contributed by atoms with van der Waals surface area (Å²) in [5.74, 6) is 0.124. The quantitative estimate of drug-likeness (QED) is 0.777. The van der Waals surface area contributed by atoms with Crippen LogP contribution in [0.3, 0.4) is 0 Å². The monoisotopic (exact) mass is 382 g/mol. The summed E-state index contributed by atoms with van der Waals surface area (Å²) in [6.07, 6.45) is 5.77. The normalized spacial score (nSPS) is 18.2. The van der Waals surface area contributed by atoms with Crippen molar-refractivity contribution in [3.8, 4) is 12.3 Å². The van der Waals surface area contributed by atoms with Crippen LogP contribution in [0.15, 0.2) is 48.8 Å². The van der Waals surface area contributed by atoms with Crippen molar-refractivity contribution in [2.45, 2.75) is 25.0 Å². The first-order valence-electron chi connectivity index (χ1n) is 8.79. The van der Waals surface area contributed by atoms with Gasteiger partial charge in [-0.3, -0.25) is 9.78 Å². The van der Waals surface area contributed by atoms with Crippen molar-refractivity contribution in [3.05, 3.63) is 65.7 Å². The Morgan fingerprint density at radius 3 is 2.82 bits per heavy atom. The van der Waals surface area contributed by atoms with E-state index in [0.717, 1.165) is 22.7 Å². The van der Waals surface area contributed by atoms with Crippen LogP contribution in [-0.4, -0.2) is 33.6 Å². The van der Waals surface area contributed by atoms with Crippen LogP contribution in [0.4, 0.5) is 9.18 Å². The average molecular weight is 382 g/mol. The van der Waals surface area contributed by atoms with E-state index < -0.39 is 35.9 Å². The van der Waals surface area contributed by atoms with Crippen molar-refractivity contribution >= 4 is 12.0 Å². The van der Waals surface area contributed by atoms with Gasteiger partial charge in [-0.25, -0.2) is 14.1 Å². The highest BCUT2D eigenvalue weighted by molar-refractivity contribution is 5.95. The number of carbonyl (C=O) groups excluding carboxylic acids is 2. The molecular weight excluding hydrogens is 363 g/mol. The van der Waals surface area contributed by atoms with Gasteiger partial charge in [0.2, 0.25) is 5.91 Å². The van der Waals surface area contributed by atoms with Gasteiger partial charge in [0.1, 0.15) is 18.5 Å². The summed E-state index contributed by atoms with van der Waals surface area (Å²) in [6.45, 7) is 0.0219. The topological polar surface area (TPSA) is 79.7 Å². The van der Waals surface area contributed by atoms with Gasteiger partial charge in [0.05, 0.1) is 18.2 Å². The second-order valence-corrected chi connectivity index (χ2v) is 6.44. The number of carbonyl (C=O) groups is 2. The average Bonchev–Trinajstić information content (AvgIpc) is 3.10. The van der Waals surface area contributed by atoms with Crippen LogP contribution in [0.2, 0.25) is 0 Å². The molecule has 2 heterocycles.